The van der Waals surface area contributed by atoms with Gasteiger partial charge in [0.25, 0.3) is 0 Å². The third-order valence-electron chi connectivity index (χ3n) is 3.79. The van der Waals surface area contributed by atoms with E-state index in [-0.39, 0.29) is 0 Å². The first-order valence-corrected chi connectivity index (χ1v) is 6.29. The lowest BCUT2D eigenvalue weighted by atomic mass is 9.97. The van der Waals surface area contributed by atoms with Crippen molar-refractivity contribution in [1.29, 1.82) is 0 Å². The molecule has 0 spiro atoms. The highest BCUT2D eigenvalue weighted by Gasteiger charge is 2.32. The summed E-state index contributed by atoms with van der Waals surface area (Å²) in [6, 6.07) is 1.53. The molecule has 0 N–H and O–H groups in total. The average molecular weight is 208 g/mol. The van der Waals surface area contributed by atoms with Gasteiger partial charge in [0.15, 0.2) is 0 Å². The van der Waals surface area contributed by atoms with E-state index in [0.29, 0.717) is 6.04 Å². The monoisotopic (exact) mass is 208 g/mol. The molecule has 15 heavy (non-hydrogen) atoms. The summed E-state index contributed by atoms with van der Waals surface area (Å²) in [6.45, 7) is 13.5. The fraction of sp³-hybridized carbons (Fsp3) is 0.846. The topological polar surface area (TPSA) is 6.48 Å². The molecule has 2 nitrogen and oxygen atoms in total. The Balaban J connectivity index is 1.95. The van der Waals surface area contributed by atoms with E-state index in [0.717, 1.165) is 12.6 Å². The van der Waals surface area contributed by atoms with Crippen molar-refractivity contribution in [3.63, 3.8) is 0 Å². The van der Waals surface area contributed by atoms with Gasteiger partial charge < -0.3 is 0 Å². The molecule has 0 amide bonds. The minimum absolute atomic E-state index is 0.705. The van der Waals surface area contributed by atoms with E-state index in [1.807, 2.05) is 0 Å². The number of piperazine rings is 1. The van der Waals surface area contributed by atoms with Crippen LogP contribution in [0.25, 0.3) is 0 Å². The number of hydrogen-bond donors (Lipinski definition) is 0. The maximum Gasteiger partial charge on any atom is 0.0224 e. The van der Waals surface area contributed by atoms with Crippen molar-refractivity contribution < 1.29 is 0 Å². The number of piperidine rings is 1. The van der Waals surface area contributed by atoms with Gasteiger partial charge in [0.05, 0.1) is 0 Å². The van der Waals surface area contributed by atoms with Gasteiger partial charge >= 0.3 is 0 Å². The van der Waals surface area contributed by atoms with E-state index in [1.54, 1.807) is 0 Å². The number of hydrogen-bond acceptors (Lipinski definition) is 2. The van der Waals surface area contributed by atoms with Gasteiger partial charge in [0, 0.05) is 31.7 Å². The number of nitrogens with zero attached hydrogens (tertiary/aromatic N) is 2. The summed E-state index contributed by atoms with van der Waals surface area (Å²) in [4.78, 5) is 5.30. The van der Waals surface area contributed by atoms with Crippen LogP contribution in [0.5, 0.6) is 0 Å². The highest BCUT2D eigenvalue weighted by atomic mass is 15.3. The van der Waals surface area contributed by atoms with Crippen LogP contribution in [0.1, 0.15) is 33.1 Å². The first kappa shape index (κ1) is 11.2. The number of fused-ring (bicyclic) bond motifs is 1. The summed E-state index contributed by atoms with van der Waals surface area (Å²) < 4.78 is 0. The second-order valence-electron chi connectivity index (χ2n) is 5.38. The standard InChI is InChI=1S/C13H24N2/c1-11(2)8-15-10-13-6-4-5-7-14(13)9-12(15)3/h12-13H,1,4-10H2,2-3H3. The molecule has 0 aromatic rings. The molecule has 0 bridgehead atoms. The van der Waals surface area contributed by atoms with E-state index in [1.165, 1.54) is 44.5 Å². The molecule has 0 saturated carbocycles. The quantitative estimate of drug-likeness (QED) is 0.641. The predicted molar refractivity (Wildman–Crippen MR) is 65.1 cm³/mol. The Morgan fingerprint density at radius 1 is 1.33 bits per heavy atom. The largest absolute Gasteiger partial charge is 0.298 e. The number of rotatable bonds is 2. The van der Waals surface area contributed by atoms with Gasteiger partial charge in [-0.25, -0.2) is 0 Å². The van der Waals surface area contributed by atoms with Gasteiger partial charge in [-0.05, 0) is 33.2 Å². The molecule has 2 saturated heterocycles. The van der Waals surface area contributed by atoms with Crippen LogP contribution in [0.4, 0.5) is 0 Å². The lowest BCUT2D eigenvalue weighted by molar-refractivity contribution is 0.0203. The van der Waals surface area contributed by atoms with Gasteiger partial charge in [-0.3, -0.25) is 9.80 Å². The second-order valence-corrected chi connectivity index (χ2v) is 5.38. The van der Waals surface area contributed by atoms with Crippen LogP contribution >= 0.6 is 0 Å². The first-order chi connectivity index (χ1) is 7.16. The van der Waals surface area contributed by atoms with Crippen LogP contribution in [0.2, 0.25) is 0 Å². The Morgan fingerprint density at radius 2 is 2.13 bits per heavy atom. The van der Waals surface area contributed by atoms with E-state index in [4.69, 9.17) is 0 Å². The van der Waals surface area contributed by atoms with Crippen LogP contribution in [0, 0.1) is 0 Å². The lowest BCUT2D eigenvalue weighted by Crippen LogP contribution is -2.58. The van der Waals surface area contributed by atoms with E-state index in [9.17, 15) is 0 Å². The summed E-state index contributed by atoms with van der Waals surface area (Å²) in [5.74, 6) is 0. The lowest BCUT2D eigenvalue weighted by Gasteiger charge is -2.47. The molecule has 2 aliphatic rings. The minimum atomic E-state index is 0.705. The zero-order chi connectivity index (χ0) is 10.8. The van der Waals surface area contributed by atoms with Crippen molar-refractivity contribution in [3.8, 4) is 0 Å². The van der Waals surface area contributed by atoms with Crippen molar-refractivity contribution >= 4 is 0 Å². The van der Waals surface area contributed by atoms with E-state index >= 15 is 0 Å². The second kappa shape index (κ2) is 4.67. The molecular formula is C13H24N2. The third-order valence-corrected chi connectivity index (χ3v) is 3.79. The summed E-state index contributed by atoms with van der Waals surface area (Å²) in [6.07, 6.45) is 4.24. The van der Waals surface area contributed by atoms with Crippen LogP contribution < -0.4 is 0 Å². The maximum atomic E-state index is 4.03. The Labute approximate surface area is 93.9 Å². The summed E-state index contributed by atoms with van der Waals surface area (Å²) in [7, 11) is 0. The van der Waals surface area contributed by atoms with Crippen LogP contribution in [0.3, 0.4) is 0 Å². The molecule has 2 rings (SSSR count). The fourth-order valence-electron chi connectivity index (χ4n) is 2.98. The van der Waals surface area contributed by atoms with Crippen molar-refractivity contribution in [2.24, 2.45) is 0 Å². The molecule has 86 valence electrons. The van der Waals surface area contributed by atoms with Crippen molar-refractivity contribution in [1.82, 2.24) is 9.80 Å². The van der Waals surface area contributed by atoms with Crippen LogP contribution in [0.15, 0.2) is 12.2 Å². The SMILES string of the molecule is C=C(C)CN1CC2CCCCN2CC1C. The summed E-state index contributed by atoms with van der Waals surface area (Å²) in [5, 5.41) is 0. The average Bonchev–Trinajstić information content (AvgIpc) is 2.18. The Hall–Kier alpha value is -0.340. The zero-order valence-corrected chi connectivity index (χ0v) is 10.2. The van der Waals surface area contributed by atoms with Gasteiger partial charge in [-0.15, -0.1) is 0 Å². The van der Waals surface area contributed by atoms with E-state index < -0.39 is 0 Å². The molecule has 2 heterocycles. The first-order valence-electron chi connectivity index (χ1n) is 6.29. The van der Waals surface area contributed by atoms with Crippen molar-refractivity contribution in [2.75, 3.05) is 26.2 Å². The molecule has 0 aliphatic carbocycles. The van der Waals surface area contributed by atoms with E-state index in [2.05, 4.69) is 30.2 Å². The van der Waals surface area contributed by atoms with Gasteiger partial charge in [0.1, 0.15) is 0 Å². The smallest absolute Gasteiger partial charge is 0.0224 e. The Bertz CT molecular complexity index is 237. The Kier molecular flexibility index (Phi) is 3.47. The predicted octanol–water partition coefficient (Wildman–Crippen LogP) is 2.12. The molecule has 2 aliphatic heterocycles. The third kappa shape index (κ3) is 2.61. The molecule has 0 aromatic heterocycles. The van der Waals surface area contributed by atoms with Crippen LogP contribution in [-0.2, 0) is 0 Å². The molecule has 0 aromatic carbocycles. The molecule has 2 heteroatoms. The van der Waals surface area contributed by atoms with Gasteiger partial charge in [-0.2, -0.15) is 0 Å². The van der Waals surface area contributed by atoms with Gasteiger partial charge in [-0.1, -0.05) is 18.6 Å². The molecule has 2 fully saturated rings. The molecule has 0 radical (unpaired) electrons. The zero-order valence-electron chi connectivity index (χ0n) is 10.2. The highest BCUT2D eigenvalue weighted by Crippen LogP contribution is 2.24. The fourth-order valence-corrected chi connectivity index (χ4v) is 2.98. The minimum Gasteiger partial charge on any atom is -0.298 e. The highest BCUT2D eigenvalue weighted by molar-refractivity contribution is 4.97. The van der Waals surface area contributed by atoms with Crippen molar-refractivity contribution in [2.45, 2.75) is 45.2 Å². The van der Waals surface area contributed by atoms with Crippen molar-refractivity contribution in [3.05, 3.63) is 12.2 Å². The normalized spacial score (nSPS) is 33.7. The van der Waals surface area contributed by atoms with Gasteiger partial charge in [0.2, 0.25) is 0 Å². The maximum absolute atomic E-state index is 4.03. The molecular weight excluding hydrogens is 184 g/mol. The molecule has 2 unspecified atom stereocenters. The summed E-state index contributed by atoms with van der Waals surface area (Å²) >= 11 is 0. The van der Waals surface area contributed by atoms with Crippen LogP contribution in [-0.4, -0.2) is 48.1 Å². The molecule has 2 atom stereocenters. The summed E-state index contributed by atoms with van der Waals surface area (Å²) in [5.41, 5.74) is 1.30. The Morgan fingerprint density at radius 3 is 2.87 bits per heavy atom.